The summed E-state index contributed by atoms with van der Waals surface area (Å²) in [4.78, 5) is 26.8. The molecule has 1 atom stereocenters. The zero-order valence-electron chi connectivity index (χ0n) is 9.77. The van der Waals surface area contributed by atoms with E-state index in [1.807, 2.05) is 17.8 Å². The lowest BCUT2D eigenvalue weighted by Gasteiger charge is -2.08. The van der Waals surface area contributed by atoms with Crippen molar-refractivity contribution in [1.82, 2.24) is 20.2 Å². The number of aryl methyl sites for hydroxylation is 1. The van der Waals surface area contributed by atoms with E-state index in [2.05, 4.69) is 15.6 Å². The van der Waals surface area contributed by atoms with E-state index in [4.69, 9.17) is 0 Å². The molecule has 2 rings (SSSR count). The number of carbonyl (C=O) groups excluding carboxylic acids is 2. The second kappa shape index (κ2) is 4.99. The molecule has 2 N–H and O–H groups in total. The SMILES string of the molecule is Cn1ccnc1CCNC(=O)C1CNC(=O)C1. The van der Waals surface area contributed by atoms with Crippen LogP contribution in [-0.2, 0) is 23.1 Å². The molecule has 1 aromatic heterocycles. The minimum absolute atomic E-state index is 0.0470. The average Bonchev–Trinajstić information content (AvgIpc) is 2.88. The van der Waals surface area contributed by atoms with Crippen LogP contribution in [0.15, 0.2) is 12.4 Å². The second-order valence-corrected chi connectivity index (χ2v) is 4.20. The number of aromatic nitrogens is 2. The highest BCUT2D eigenvalue weighted by molar-refractivity contribution is 5.89. The topological polar surface area (TPSA) is 76.0 Å². The Bertz CT molecular complexity index is 427. The maximum Gasteiger partial charge on any atom is 0.225 e. The molecule has 0 aromatic carbocycles. The Hall–Kier alpha value is -1.85. The monoisotopic (exact) mass is 236 g/mol. The summed E-state index contributed by atoms with van der Waals surface area (Å²) in [6.45, 7) is 1.00. The minimum atomic E-state index is -0.219. The van der Waals surface area contributed by atoms with Crippen molar-refractivity contribution in [2.75, 3.05) is 13.1 Å². The van der Waals surface area contributed by atoms with Crippen molar-refractivity contribution in [3.8, 4) is 0 Å². The van der Waals surface area contributed by atoms with E-state index in [-0.39, 0.29) is 17.7 Å². The molecule has 17 heavy (non-hydrogen) atoms. The van der Waals surface area contributed by atoms with Gasteiger partial charge in [-0.1, -0.05) is 0 Å². The molecule has 6 nitrogen and oxygen atoms in total. The van der Waals surface area contributed by atoms with Crippen molar-refractivity contribution < 1.29 is 9.59 Å². The summed E-state index contributed by atoms with van der Waals surface area (Å²) < 4.78 is 1.92. The predicted octanol–water partition coefficient (Wildman–Crippen LogP) is -0.785. The first kappa shape index (κ1) is 11.6. The Morgan fingerprint density at radius 2 is 2.53 bits per heavy atom. The van der Waals surface area contributed by atoms with Crippen molar-refractivity contribution in [1.29, 1.82) is 0 Å². The molecule has 1 aliphatic heterocycles. The van der Waals surface area contributed by atoms with E-state index < -0.39 is 0 Å². The van der Waals surface area contributed by atoms with Crippen LogP contribution in [-0.4, -0.2) is 34.5 Å². The third kappa shape index (κ3) is 2.83. The van der Waals surface area contributed by atoms with Crippen molar-refractivity contribution in [3.63, 3.8) is 0 Å². The molecule has 2 heterocycles. The highest BCUT2D eigenvalue weighted by Crippen LogP contribution is 2.08. The van der Waals surface area contributed by atoms with Gasteiger partial charge in [0.15, 0.2) is 0 Å². The van der Waals surface area contributed by atoms with Crippen LogP contribution < -0.4 is 10.6 Å². The Balaban J connectivity index is 1.74. The molecule has 0 radical (unpaired) electrons. The quantitative estimate of drug-likeness (QED) is 0.719. The van der Waals surface area contributed by atoms with Crippen molar-refractivity contribution in [3.05, 3.63) is 18.2 Å². The molecule has 0 bridgehead atoms. The van der Waals surface area contributed by atoms with Gasteiger partial charge in [-0.3, -0.25) is 9.59 Å². The van der Waals surface area contributed by atoms with Gasteiger partial charge >= 0.3 is 0 Å². The van der Waals surface area contributed by atoms with Gasteiger partial charge in [-0.05, 0) is 0 Å². The molecule has 1 aliphatic rings. The highest BCUT2D eigenvalue weighted by Gasteiger charge is 2.27. The highest BCUT2D eigenvalue weighted by atomic mass is 16.2. The first-order chi connectivity index (χ1) is 8.16. The van der Waals surface area contributed by atoms with Crippen LogP contribution >= 0.6 is 0 Å². The maximum atomic E-state index is 11.7. The number of rotatable bonds is 4. The van der Waals surface area contributed by atoms with Crippen LogP contribution in [0.25, 0.3) is 0 Å². The summed E-state index contributed by atoms with van der Waals surface area (Å²) in [6, 6.07) is 0. The fraction of sp³-hybridized carbons (Fsp3) is 0.545. The van der Waals surface area contributed by atoms with Gasteiger partial charge in [-0.15, -0.1) is 0 Å². The number of carbonyl (C=O) groups is 2. The second-order valence-electron chi connectivity index (χ2n) is 4.20. The lowest BCUT2D eigenvalue weighted by Crippen LogP contribution is -2.33. The van der Waals surface area contributed by atoms with Gasteiger partial charge in [0.1, 0.15) is 5.82 Å². The molecule has 0 saturated carbocycles. The summed E-state index contributed by atoms with van der Waals surface area (Å²) in [6.07, 6.45) is 4.60. The van der Waals surface area contributed by atoms with Gasteiger partial charge in [0, 0.05) is 45.4 Å². The van der Waals surface area contributed by atoms with E-state index in [0.717, 1.165) is 5.82 Å². The van der Waals surface area contributed by atoms with Crippen LogP contribution in [0.4, 0.5) is 0 Å². The van der Waals surface area contributed by atoms with Gasteiger partial charge < -0.3 is 15.2 Å². The molecule has 1 fully saturated rings. The summed E-state index contributed by atoms with van der Waals surface area (Å²) in [7, 11) is 1.92. The minimum Gasteiger partial charge on any atom is -0.355 e. The number of nitrogens with one attached hydrogen (secondary N) is 2. The molecule has 92 valence electrons. The lowest BCUT2D eigenvalue weighted by molar-refractivity contribution is -0.126. The van der Waals surface area contributed by atoms with Gasteiger partial charge in [0.25, 0.3) is 0 Å². The zero-order chi connectivity index (χ0) is 12.3. The number of imidazole rings is 1. The summed E-state index contributed by atoms with van der Waals surface area (Å²) >= 11 is 0. The molecular formula is C11H16N4O2. The number of hydrogen-bond donors (Lipinski definition) is 2. The van der Waals surface area contributed by atoms with Crippen molar-refractivity contribution in [2.45, 2.75) is 12.8 Å². The molecule has 1 saturated heterocycles. The Morgan fingerprint density at radius 1 is 1.71 bits per heavy atom. The fourth-order valence-corrected chi connectivity index (χ4v) is 1.87. The molecular weight excluding hydrogens is 220 g/mol. The fourth-order valence-electron chi connectivity index (χ4n) is 1.87. The van der Waals surface area contributed by atoms with Crippen molar-refractivity contribution >= 4 is 11.8 Å². The third-order valence-corrected chi connectivity index (χ3v) is 2.92. The third-order valence-electron chi connectivity index (χ3n) is 2.92. The summed E-state index contributed by atoms with van der Waals surface area (Å²) in [5, 5.41) is 5.47. The van der Waals surface area contributed by atoms with Crippen LogP contribution in [0, 0.1) is 5.92 Å². The van der Waals surface area contributed by atoms with E-state index in [9.17, 15) is 9.59 Å². The number of amides is 2. The number of hydrogen-bond acceptors (Lipinski definition) is 3. The normalized spacial score (nSPS) is 19.1. The van der Waals surface area contributed by atoms with Gasteiger partial charge in [-0.25, -0.2) is 4.98 Å². The van der Waals surface area contributed by atoms with Gasteiger partial charge in [-0.2, -0.15) is 0 Å². The summed E-state index contributed by atoms with van der Waals surface area (Å²) in [5.74, 6) is 0.613. The van der Waals surface area contributed by atoms with Gasteiger partial charge in [0.05, 0.1) is 5.92 Å². The molecule has 2 amide bonds. The first-order valence-corrected chi connectivity index (χ1v) is 5.67. The Morgan fingerprint density at radius 3 is 3.12 bits per heavy atom. The predicted molar refractivity (Wildman–Crippen MR) is 61.0 cm³/mol. The largest absolute Gasteiger partial charge is 0.355 e. The zero-order valence-corrected chi connectivity index (χ0v) is 9.77. The molecule has 0 aliphatic carbocycles. The van der Waals surface area contributed by atoms with E-state index >= 15 is 0 Å². The van der Waals surface area contributed by atoms with E-state index in [1.54, 1.807) is 6.20 Å². The molecule has 0 spiro atoms. The summed E-state index contributed by atoms with van der Waals surface area (Å²) in [5.41, 5.74) is 0. The maximum absolute atomic E-state index is 11.7. The average molecular weight is 236 g/mol. The van der Waals surface area contributed by atoms with E-state index in [0.29, 0.717) is 25.9 Å². The standard InChI is InChI=1S/C11H16N4O2/c1-15-5-4-12-9(15)2-3-13-11(17)8-6-10(16)14-7-8/h4-5,8H,2-3,6-7H2,1H3,(H,13,17)(H,14,16). The van der Waals surface area contributed by atoms with Crippen LogP contribution in [0.2, 0.25) is 0 Å². The lowest BCUT2D eigenvalue weighted by atomic mass is 10.1. The Kier molecular flexibility index (Phi) is 3.41. The first-order valence-electron chi connectivity index (χ1n) is 5.67. The molecule has 1 aromatic rings. The van der Waals surface area contributed by atoms with Crippen LogP contribution in [0.1, 0.15) is 12.2 Å². The molecule has 1 unspecified atom stereocenters. The van der Waals surface area contributed by atoms with Crippen molar-refractivity contribution in [2.24, 2.45) is 13.0 Å². The van der Waals surface area contributed by atoms with Crippen LogP contribution in [0.5, 0.6) is 0 Å². The number of nitrogens with zero attached hydrogens (tertiary/aromatic N) is 2. The smallest absolute Gasteiger partial charge is 0.225 e. The van der Waals surface area contributed by atoms with E-state index in [1.165, 1.54) is 0 Å². The van der Waals surface area contributed by atoms with Crippen LogP contribution in [0.3, 0.4) is 0 Å². The Labute approximate surface area is 99.4 Å². The molecule has 6 heteroatoms. The van der Waals surface area contributed by atoms with Gasteiger partial charge in [0.2, 0.25) is 11.8 Å².